The lowest BCUT2D eigenvalue weighted by molar-refractivity contribution is 0.0690. The Hall–Kier alpha value is -4.02. The summed E-state index contributed by atoms with van der Waals surface area (Å²) in [6.45, 7) is 8.34. The molecule has 0 spiro atoms. The molecule has 0 amide bonds. The maximum absolute atomic E-state index is 12.2. The van der Waals surface area contributed by atoms with E-state index in [4.69, 9.17) is 19.9 Å². The van der Waals surface area contributed by atoms with Gasteiger partial charge in [0.15, 0.2) is 5.69 Å². The number of hydrogen-bond donors (Lipinski definition) is 3. The lowest BCUT2D eigenvalue weighted by atomic mass is 9.92. The van der Waals surface area contributed by atoms with Gasteiger partial charge in [-0.25, -0.2) is 14.8 Å². The van der Waals surface area contributed by atoms with Crippen LogP contribution in [0.3, 0.4) is 0 Å². The Balaban J connectivity index is 1.54. The van der Waals surface area contributed by atoms with Crippen LogP contribution in [0, 0.1) is 11.3 Å². The maximum atomic E-state index is 12.2. The third kappa shape index (κ3) is 6.49. The highest BCUT2D eigenvalue weighted by atomic mass is 16.5. The zero-order chi connectivity index (χ0) is 28.9. The average molecular weight is 559 g/mol. The van der Waals surface area contributed by atoms with Crippen molar-refractivity contribution in [1.82, 2.24) is 9.97 Å². The van der Waals surface area contributed by atoms with Crippen molar-refractivity contribution in [3.63, 3.8) is 0 Å². The predicted molar refractivity (Wildman–Crippen MR) is 161 cm³/mol. The van der Waals surface area contributed by atoms with Crippen LogP contribution in [-0.4, -0.2) is 79.4 Å². The lowest BCUT2D eigenvalue weighted by Gasteiger charge is -2.32. The highest BCUT2D eigenvalue weighted by Gasteiger charge is 2.24. The molecule has 216 valence electrons. The molecule has 3 aromatic rings. The van der Waals surface area contributed by atoms with Crippen molar-refractivity contribution in [3.8, 4) is 11.1 Å². The van der Waals surface area contributed by atoms with Gasteiger partial charge in [0.2, 0.25) is 0 Å². The number of aromatic nitrogens is 2. The smallest absolute Gasteiger partial charge is 0.354 e. The van der Waals surface area contributed by atoms with Crippen molar-refractivity contribution in [1.29, 1.82) is 5.41 Å². The van der Waals surface area contributed by atoms with Crippen molar-refractivity contribution in [3.05, 3.63) is 59.9 Å². The molecule has 2 aliphatic heterocycles. The summed E-state index contributed by atoms with van der Waals surface area (Å²) in [4.78, 5) is 25.8. The van der Waals surface area contributed by atoms with Crippen LogP contribution in [0.2, 0.25) is 0 Å². The first-order valence-corrected chi connectivity index (χ1v) is 14.2. The van der Waals surface area contributed by atoms with Crippen molar-refractivity contribution >= 4 is 34.7 Å². The van der Waals surface area contributed by atoms with Crippen LogP contribution in [0.25, 0.3) is 11.1 Å². The van der Waals surface area contributed by atoms with Gasteiger partial charge in [0.25, 0.3) is 0 Å². The Morgan fingerprint density at radius 3 is 2.49 bits per heavy atom. The molecule has 2 aliphatic rings. The van der Waals surface area contributed by atoms with E-state index in [9.17, 15) is 9.90 Å². The summed E-state index contributed by atoms with van der Waals surface area (Å²) in [7, 11) is 2.04. The van der Waals surface area contributed by atoms with E-state index < -0.39 is 5.97 Å². The normalized spacial score (nSPS) is 16.0. The summed E-state index contributed by atoms with van der Waals surface area (Å²) in [5.74, 6) is -0.0748. The molecule has 2 saturated heterocycles. The minimum Gasteiger partial charge on any atom is -0.477 e. The molecule has 4 heterocycles. The van der Waals surface area contributed by atoms with Gasteiger partial charge in [0.1, 0.15) is 11.6 Å². The summed E-state index contributed by atoms with van der Waals surface area (Å²) in [6, 6.07) is 13.7. The molecule has 2 fully saturated rings. The van der Waals surface area contributed by atoms with E-state index in [2.05, 4.69) is 20.1 Å². The van der Waals surface area contributed by atoms with Crippen LogP contribution in [0.15, 0.2) is 48.7 Å². The van der Waals surface area contributed by atoms with Crippen molar-refractivity contribution < 1.29 is 19.4 Å². The van der Waals surface area contributed by atoms with Crippen LogP contribution >= 0.6 is 0 Å². The molecule has 3 N–H and O–H groups in total. The van der Waals surface area contributed by atoms with Gasteiger partial charge in [-0.15, -0.1) is 0 Å². The molecule has 0 unspecified atom stereocenters. The fraction of sp³-hybridized carbons (Fsp3) is 0.419. The first-order chi connectivity index (χ1) is 19.8. The number of carboxylic acid groups (broad SMARTS) is 1. The minimum absolute atomic E-state index is 0.101. The SMILES string of the molecule is CC(C)C(=N)c1c(-c2ccc(N(C)C3CCOCC3)nc2)cc(C(=O)O)nc1Nc1cccc(N2CCOCC2)c1. The third-order valence-corrected chi connectivity index (χ3v) is 7.73. The zero-order valence-corrected chi connectivity index (χ0v) is 23.9. The predicted octanol–water partition coefficient (Wildman–Crippen LogP) is 5.06. The van der Waals surface area contributed by atoms with E-state index in [1.165, 1.54) is 0 Å². The number of carbonyl (C=O) groups is 1. The highest BCUT2D eigenvalue weighted by molar-refractivity contribution is 6.10. The van der Waals surface area contributed by atoms with Crippen LogP contribution < -0.4 is 15.1 Å². The molecule has 0 bridgehead atoms. The molecule has 0 saturated carbocycles. The summed E-state index contributed by atoms with van der Waals surface area (Å²) in [5, 5.41) is 22.3. The van der Waals surface area contributed by atoms with E-state index in [1.54, 1.807) is 12.3 Å². The molecule has 0 radical (unpaired) electrons. The fourth-order valence-corrected chi connectivity index (χ4v) is 5.29. The second-order valence-corrected chi connectivity index (χ2v) is 10.8. The van der Waals surface area contributed by atoms with E-state index in [-0.39, 0.29) is 11.6 Å². The number of anilines is 4. The molecule has 1 aromatic carbocycles. The second-order valence-electron chi connectivity index (χ2n) is 10.8. The summed E-state index contributed by atoms with van der Waals surface area (Å²) in [5.41, 5.74) is 3.96. The molecular formula is C31H38N6O4. The first kappa shape index (κ1) is 28.5. The number of nitrogens with zero attached hydrogens (tertiary/aromatic N) is 4. The number of nitrogens with one attached hydrogen (secondary N) is 2. The van der Waals surface area contributed by atoms with Crippen molar-refractivity contribution in [2.75, 3.05) is 61.7 Å². The van der Waals surface area contributed by atoms with Gasteiger partial charge < -0.3 is 35.1 Å². The van der Waals surface area contributed by atoms with Crippen molar-refractivity contribution in [2.24, 2.45) is 5.92 Å². The van der Waals surface area contributed by atoms with Crippen LogP contribution in [0.1, 0.15) is 42.7 Å². The maximum Gasteiger partial charge on any atom is 0.354 e. The number of morpholine rings is 1. The topological polar surface area (TPSA) is 124 Å². The number of rotatable bonds is 9. The highest BCUT2D eigenvalue weighted by Crippen LogP contribution is 2.34. The number of pyridine rings is 2. The van der Waals surface area contributed by atoms with Gasteiger partial charge in [-0.1, -0.05) is 19.9 Å². The standard InChI is InChI=1S/C31H38N6O4/c1-20(2)29(32)28-25(21-7-8-27(33-19-21)36(3)23-9-13-40-14-10-23)18-26(31(38)39)35-30(28)34-22-5-4-6-24(17-22)37-11-15-41-16-12-37/h4-8,17-20,23,32H,9-16H2,1-3H3,(H,34,35)(H,38,39). The molecule has 10 heteroatoms. The Morgan fingerprint density at radius 2 is 1.83 bits per heavy atom. The van der Waals surface area contributed by atoms with Crippen LogP contribution in [-0.2, 0) is 9.47 Å². The number of carboxylic acids is 1. The fourth-order valence-electron chi connectivity index (χ4n) is 5.29. The average Bonchev–Trinajstić information content (AvgIpc) is 3.01. The quantitative estimate of drug-likeness (QED) is 0.309. The number of benzene rings is 1. The van der Waals surface area contributed by atoms with Crippen LogP contribution in [0.5, 0.6) is 0 Å². The van der Waals surface area contributed by atoms with Gasteiger partial charge in [0.05, 0.1) is 13.2 Å². The third-order valence-electron chi connectivity index (χ3n) is 7.73. The second kappa shape index (κ2) is 12.7. The molecule has 41 heavy (non-hydrogen) atoms. The van der Waals surface area contributed by atoms with Crippen LogP contribution in [0.4, 0.5) is 23.0 Å². The van der Waals surface area contributed by atoms with Gasteiger partial charge in [-0.05, 0) is 60.7 Å². The van der Waals surface area contributed by atoms with Gasteiger partial charge >= 0.3 is 5.97 Å². The van der Waals surface area contributed by atoms with E-state index in [0.717, 1.165) is 61.9 Å². The zero-order valence-electron chi connectivity index (χ0n) is 23.9. The van der Waals surface area contributed by atoms with E-state index in [1.807, 2.05) is 57.3 Å². The number of ether oxygens (including phenoxy) is 2. The van der Waals surface area contributed by atoms with E-state index in [0.29, 0.717) is 41.9 Å². The summed E-state index contributed by atoms with van der Waals surface area (Å²) < 4.78 is 11.0. The Kier molecular flexibility index (Phi) is 8.80. The Bertz CT molecular complexity index is 1380. The molecule has 10 nitrogen and oxygen atoms in total. The molecule has 5 rings (SSSR count). The van der Waals surface area contributed by atoms with Gasteiger partial charge in [-0.2, -0.15) is 0 Å². The lowest BCUT2D eigenvalue weighted by Crippen LogP contribution is -2.37. The summed E-state index contributed by atoms with van der Waals surface area (Å²) in [6.07, 6.45) is 3.65. The molecule has 2 aromatic heterocycles. The molecular weight excluding hydrogens is 520 g/mol. The largest absolute Gasteiger partial charge is 0.477 e. The minimum atomic E-state index is -1.14. The number of hydrogen-bond acceptors (Lipinski definition) is 9. The molecule has 0 atom stereocenters. The monoisotopic (exact) mass is 558 g/mol. The molecule has 0 aliphatic carbocycles. The van der Waals surface area contributed by atoms with E-state index >= 15 is 0 Å². The van der Waals surface area contributed by atoms with Gasteiger partial charge in [0, 0.05) is 73.8 Å². The first-order valence-electron chi connectivity index (χ1n) is 14.2. The Labute approximate surface area is 240 Å². The van der Waals surface area contributed by atoms with Crippen molar-refractivity contribution in [2.45, 2.75) is 32.7 Å². The number of aromatic carboxylic acids is 1. The Morgan fingerprint density at radius 1 is 1.10 bits per heavy atom. The van der Waals surface area contributed by atoms with Gasteiger partial charge in [-0.3, -0.25) is 0 Å². The summed E-state index contributed by atoms with van der Waals surface area (Å²) >= 11 is 0.